The normalized spacial score (nSPS) is 19.1. The fourth-order valence-corrected chi connectivity index (χ4v) is 2.77. The third-order valence-electron chi connectivity index (χ3n) is 4.18. The van der Waals surface area contributed by atoms with Crippen LogP contribution >= 0.6 is 12.4 Å². The van der Waals surface area contributed by atoms with Crippen LogP contribution in [0, 0.1) is 0 Å². The van der Waals surface area contributed by atoms with E-state index in [2.05, 4.69) is 0 Å². The van der Waals surface area contributed by atoms with Crippen LogP contribution in [-0.4, -0.2) is 31.7 Å². The SMILES string of the molecule is CN(C(=O)[C@@H]1CC[C@H](CN)O1)c1ccc(Oc2ccccc2)cc1.Cl. The van der Waals surface area contributed by atoms with Crippen molar-refractivity contribution >= 4 is 24.0 Å². The number of amides is 1. The molecule has 134 valence electrons. The van der Waals surface area contributed by atoms with Crippen molar-refractivity contribution in [2.45, 2.75) is 25.0 Å². The first-order valence-electron chi connectivity index (χ1n) is 8.13. The number of carbonyl (C=O) groups is 1. The summed E-state index contributed by atoms with van der Waals surface area (Å²) >= 11 is 0. The number of likely N-dealkylation sites (N-methyl/N-ethyl adjacent to an activating group) is 1. The third kappa shape index (κ3) is 4.72. The molecule has 6 heteroatoms. The van der Waals surface area contributed by atoms with Crippen molar-refractivity contribution in [3.8, 4) is 11.5 Å². The molecule has 1 fully saturated rings. The molecule has 2 aromatic carbocycles. The second-order valence-corrected chi connectivity index (χ2v) is 5.87. The van der Waals surface area contributed by atoms with Crippen molar-refractivity contribution in [1.29, 1.82) is 0 Å². The van der Waals surface area contributed by atoms with Gasteiger partial charge in [0.25, 0.3) is 5.91 Å². The van der Waals surface area contributed by atoms with Crippen molar-refractivity contribution in [2.75, 3.05) is 18.5 Å². The molecule has 1 aliphatic heterocycles. The van der Waals surface area contributed by atoms with Crippen molar-refractivity contribution in [3.05, 3.63) is 54.6 Å². The van der Waals surface area contributed by atoms with Crippen molar-refractivity contribution in [3.63, 3.8) is 0 Å². The Morgan fingerprint density at radius 1 is 1.12 bits per heavy atom. The second-order valence-electron chi connectivity index (χ2n) is 5.87. The van der Waals surface area contributed by atoms with Crippen LogP contribution in [0.15, 0.2) is 54.6 Å². The topological polar surface area (TPSA) is 64.8 Å². The van der Waals surface area contributed by atoms with E-state index in [1.165, 1.54) is 0 Å². The molecule has 3 rings (SSSR count). The molecule has 0 spiro atoms. The fourth-order valence-electron chi connectivity index (χ4n) is 2.77. The second kappa shape index (κ2) is 8.85. The van der Waals surface area contributed by atoms with Gasteiger partial charge in [-0.2, -0.15) is 0 Å². The minimum Gasteiger partial charge on any atom is -0.457 e. The van der Waals surface area contributed by atoms with Crippen LogP contribution in [0.3, 0.4) is 0 Å². The summed E-state index contributed by atoms with van der Waals surface area (Å²) in [4.78, 5) is 14.1. The maximum atomic E-state index is 12.5. The maximum Gasteiger partial charge on any atom is 0.255 e. The summed E-state index contributed by atoms with van der Waals surface area (Å²) in [7, 11) is 1.76. The Hall–Kier alpha value is -2.08. The maximum absolute atomic E-state index is 12.5. The summed E-state index contributed by atoms with van der Waals surface area (Å²) in [6.07, 6.45) is 1.16. The summed E-state index contributed by atoms with van der Waals surface area (Å²) in [6.45, 7) is 0.457. The molecule has 0 radical (unpaired) electrons. The van der Waals surface area contributed by atoms with Crippen LogP contribution in [0.2, 0.25) is 0 Å². The largest absolute Gasteiger partial charge is 0.457 e. The van der Waals surface area contributed by atoms with Gasteiger partial charge in [0.2, 0.25) is 0 Å². The summed E-state index contributed by atoms with van der Waals surface area (Å²) in [5.74, 6) is 1.47. The number of nitrogens with two attached hydrogens (primary N) is 1. The van der Waals surface area contributed by atoms with Gasteiger partial charge in [-0.3, -0.25) is 4.79 Å². The molecule has 0 aromatic heterocycles. The van der Waals surface area contributed by atoms with E-state index in [4.69, 9.17) is 15.2 Å². The summed E-state index contributed by atoms with van der Waals surface area (Å²) in [5.41, 5.74) is 6.41. The number of nitrogens with zero attached hydrogens (tertiary/aromatic N) is 1. The first kappa shape index (κ1) is 19.2. The molecule has 0 unspecified atom stereocenters. The average molecular weight is 363 g/mol. The Morgan fingerprint density at radius 3 is 2.36 bits per heavy atom. The number of halogens is 1. The fraction of sp³-hybridized carbons (Fsp3) is 0.316. The van der Waals surface area contributed by atoms with E-state index in [0.717, 1.165) is 30.0 Å². The van der Waals surface area contributed by atoms with E-state index < -0.39 is 6.10 Å². The summed E-state index contributed by atoms with van der Waals surface area (Å²) < 4.78 is 11.4. The number of hydrogen-bond acceptors (Lipinski definition) is 4. The standard InChI is InChI=1S/C19H22N2O3.ClH/c1-21(19(22)18-12-11-17(13-20)24-18)14-7-9-16(10-8-14)23-15-5-3-2-4-6-15;/h2-10,17-18H,11-13,20H2,1H3;1H/t17-,18+;/m1./s1. The summed E-state index contributed by atoms with van der Waals surface area (Å²) in [5, 5.41) is 0. The molecule has 2 atom stereocenters. The van der Waals surface area contributed by atoms with Gasteiger partial charge >= 0.3 is 0 Å². The number of carbonyl (C=O) groups excluding carboxylic acids is 1. The lowest BCUT2D eigenvalue weighted by Gasteiger charge is -2.21. The van der Waals surface area contributed by atoms with E-state index in [-0.39, 0.29) is 24.4 Å². The van der Waals surface area contributed by atoms with E-state index >= 15 is 0 Å². The van der Waals surface area contributed by atoms with E-state index in [0.29, 0.717) is 6.54 Å². The molecule has 1 aliphatic rings. The number of ether oxygens (including phenoxy) is 2. The lowest BCUT2D eigenvalue weighted by Crippen LogP contribution is -2.37. The van der Waals surface area contributed by atoms with Crippen LogP contribution in [0.4, 0.5) is 5.69 Å². The molecule has 2 aromatic rings. The van der Waals surface area contributed by atoms with Crippen LogP contribution in [0.25, 0.3) is 0 Å². The molecule has 0 aliphatic carbocycles. The highest BCUT2D eigenvalue weighted by atomic mass is 35.5. The molecule has 1 saturated heterocycles. The lowest BCUT2D eigenvalue weighted by atomic mass is 10.1. The number of anilines is 1. The van der Waals surface area contributed by atoms with Crippen molar-refractivity contribution in [1.82, 2.24) is 0 Å². The van der Waals surface area contributed by atoms with Crippen LogP contribution in [0.5, 0.6) is 11.5 Å². The number of benzene rings is 2. The Kier molecular flexibility index (Phi) is 6.82. The van der Waals surface area contributed by atoms with E-state index in [1.807, 2.05) is 54.6 Å². The Morgan fingerprint density at radius 2 is 1.76 bits per heavy atom. The highest BCUT2D eigenvalue weighted by Gasteiger charge is 2.32. The van der Waals surface area contributed by atoms with Gasteiger partial charge in [0.05, 0.1) is 6.10 Å². The van der Waals surface area contributed by atoms with Gasteiger partial charge in [-0.25, -0.2) is 0 Å². The molecule has 0 bridgehead atoms. The molecule has 25 heavy (non-hydrogen) atoms. The minimum absolute atomic E-state index is 0. The molecule has 2 N–H and O–H groups in total. The van der Waals surface area contributed by atoms with Gasteiger partial charge in [-0.15, -0.1) is 12.4 Å². The molecule has 5 nitrogen and oxygen atoms in total. The molecule has 1 amide bonds. The van der Waals surface area contributed by atoms with Crippen molar-refractivity contribution < 1.29 is 14.3 Å². The first-order valence-corrected chi connectivity index (χ1v) is 8.13. The third-order valence-corrected chi connectivity index (χ3v) is 4.18. The molecular weight excluding hydrogens is 340 g/mol. The average Bonchev–Trinajstić information content (AvgIpc) is 3.11. The summed E-state index contributed by atoms with van der Waals surface area (Å²) in [6, 6.07) is 17.0. The highest BCUT2D eigenvalue weighted by Crippen LogP contribution is 2.26. The van der Waals surface area contributed by atoms with Gasteiger partial charge in [-0.05, 0) is 49.2 Å². The predicted octanol–water partition coefficient (Wildman–Crippen LogP) is 3.37. The Labute approximate surface area is 154 Å². The van der Waals surface area contributed by atoms with E-state index in [9.17, 15) is 4.79 Å². The van der Waals surface area contributed by atoms with Gasteiger partial charge in [0.15, 0.2) is 0 Å². The zero-order valence-corrected chi connectivity index (χ0v) is 14.9. The zero-order valence-electron chi connectivity index (χ0n) is 14.1. The van der Waals surface area contributed by atoms with Crippen LogP contribution in [-0.2, 0) is 9.53 Å². The van der Waals surface area contributed by atoms with E-state index in [1.54, 1.807) is 11.9 Å². The Balaban J connectivity index is 0.00000225. The zero-order chi connectivity index (χ0) is 16.9. The minimum atomic E-state index is -0.399. The van der Waals surface area contributed by atoms with Crippen LogP contribution in [0.1, 0.15) is 12.8 Å². The van der Waals surface area contributed by atoms with Gasteiger partial charge in [0.1, 0.15) is 17.6 Å². The monoisotopic (exact) mass is 362 g/mol. The number of rotatable bonds is 5. The lowest BCUT2D eigenvalue weighted by molar-refractivity contribution is -0.128. The smallest absolute Gasteiger partial charge is 0.255 e. The van der Waals surface area contributed by atoms with Gasteiger partial charge < -0.3 is 20.1 Å². The predicted molar refractivity (Wildman–Crippen MR) is 101 cm³/mol. The number of hydrogen-bond donors (Lipinski definition) is 1. The highest BCUT2D eigenvalue weighted by molar-refractivity contribution is 5.96. The molecule has 0 saturated carbocycles. The van der Waals surface area contributed by atoms with Crippen molar-refractivity contribution in [2.24, 2.45) is 5.73 Å². The van der Waals surface area contributed by atoms with Crippen LogP contribution < -0.4 is 15.4 Å². The molecule has 1 heterocycles. The van der Waals surface area contributed by atoms with Gasteiger partial charge in [-0.1, -0.05) is 18.2 Å². The molecular formula is C19H23ClN2O3. The first-order chi connectivity index (χ1) is 11.7. The number of para-hydroxylation sites is 1. The quantitative estimate of drug-likeness (QED) is 0.885. The van der Waals surface area contributed by atoms with Gasteiger partial charge in [0, 0.05) is 19.3 Å². The Bertz CT molecular complexity index is 679.